The Morgan fingerprint density at radius 2 is 1.92 bits per heavy atom. The zero-order valence-electron chi connectivity index (χ0n) is 20.5. The molecule has 4 N–H and O–H groups in total. The summed E-state index contributed by atoms with van der Waals surface area (Å²) in [5, 5.41) is 0. The SMILES string of the molecule is COc1cc(CN(CCOCc2ccccc2)C(N)=O)c(-n2ccc(N)nc2=O)c(OC)c1C1CC1. The van der Waals surface area contributed by atoms with Gasteiger partial charge in [0.2, 0.25) is 0 Å². The lowest BCUT2D eigenvalue weighted by Gasteiger charge is -2.25. The lowest BCUT2D eigenvalue weighted by atomic mass is 10.0. The van der Waals surface area contributed by atoms with Crippen molar-refractivity contribution in [3.8, 4) is 17.2 Å². The fourth-order valence-corrected chi connectivity index (χ4v) is 4.21. The predicted molar refractivity (Wildman–Crippen MR) is 135 cm³/mol. The Labute approximate surface area is 209 Å². The van der Waals surface area contributed by atoms with Crippen molar-refractivity contribution < 1.29 is 19.0 Å². The van der Waals surface area contributed by atoms with E-state index in [1.165, 1.54) is 15.5 Å². The summed E-state index contributed by atoms with van der Waals surface area (Å²) >= 11 is 0. The smallest absolute Gasteiger partial charge is 0.354 e. The van der Waals surface area contributed by atoms with Crippen LogP contribution >= 0.6 is 0 Å². The van der Waals surface area contributed by atoms with Crippen LogP contribution in [0.25, 0.3) is 5.69 Å². The summed E-state index contributed by atoms with van der Waals surface area (Å²) in [6.07, 6.45) is 3.53. The second kappa shape index (κ2) is 11.1. The molecule has 190 valence electrons. The minimum absolute atomic E-state index is 0.105. The van der Waals surface area contributed by atoms with E-state index < -0.39 is 11.7 Å². The van der Waals surface area contributed by atoms with Gasteiger partial charge in [-0.2, -0.15) is 4.98 Å². The van der Waals surface area contributed by atoms with Crippen LogP contribution in [0.2, 0.25) is 0 Å². The number of nitrogens with two attached hydrogens (primary N) is 2. The summed E-state index contributed by atoms with van der Waals surface area (Å²) in [7, 11) is 3.14. The summed E-state index contributed by atoms with van der Waals surface area (Å²) in [5.41, 5.74) is 13.9. The average Bonchev–Trinajstić information content (AvgIpc) is 3.71. The first-order valence-corrected chi connectivity index (χ1v) is 11.7. The highest BCUT2D eigenvalue weighted by atomic mass is 16.5. The Balaban J connectivity index is 1.67. The fourth-order valence-electron chi connectivity index (χ4n) is 4.21. The molecule has 3 aromatic rings. The summed E-state index contributed by atoms with van der Waals surface area (Å²) in [6, 6.07) is 12.5. The predicted octanol–water partition coefficient (Wildman–Crippen LogP) is 2.81. The van der Waals surface area contributed by atoms with Gasteiger partial charge in [0.05, 0.1) is 33.1 Å². The number of rotatable bonds is 11. The molecule has 10 nitrogen and oxygen atoms in total. The van der Waals surface area contributed by atoms with Gasteiger partial charge in [-0.05, 0) is 36.5 Å². The molecule has 4 rings (SSSR count). The highest BCUT2D eigenvalue weighted by molar-refractivity contribution is 5.73. The van der Waals surface area contributed by atoms with E-state index in [0.29, 0.717) is 29.4 Å². The van der Waals surface area contributed by atoms with Crippen molar-refractivity contribution in [1.82, 2.24) is 14.5 Å². The van der Waals surface area contributed by atoms with Crippen molar-refractivity contribution in [3.63, 3.8) is 0 Å². The van der Waals surface area contributed by atoms with Crippen molar-refractivity contribution in [2.45, 2.75) is 31.9 Å². The number of methoxy groups -OCH3 is 2. The van der Waals surface area contributed by atoms with E-state index in [1.54, 1.807) is 20.4 Å². The fraction of sp³-hybridized carbons (Fsp3) is 0.346. The van der Waals surface area contributed by atoms with Crippen molar-refractivity contribution in [2.75, 3.05) is 33.1 Å². The van der Waals surface area contributed by atoms with Gasteiger partial charge in [-0.1, -0.05) is 30.3 Å². The normalized spacial score (nSPS) is 12.8. The van der Waals surface area contributed by atoms with Crippen LogP contribution in [0.5, 0.6) is 11.5 Å². The Morgan fingerprint density at radius 3 is 2.53 bits per heavy atom. The van der Waals surface area contributed by atoms with Crippen LogP contribution in [-0.2, 0) is 17.9 Å². The van der Waals surface area contributed by atoms with Gasteiger partial charge in [0.15, 0.2) is 5.75 Å². The van der Waals surface area contributed by atoms with Crippen LogP contribution in [-0.4, -0.2) is 47.9 Å². The van der Waals surface area contributed by atoms with Gasteiger partial charge in [0.25, 0.3) is 0 Å². The van der Waals surface area contributed by atoms with E-state index in [9.17, 15) is 9.59 Å². The van der Waals surface area contributed by atoms with Crippen LogP contribution in [0.3, 0.4) is 0 Å². The number of amides is 2. The summed E-state index contributed by atoms with van der Waals surface area (Å²) in [4.78, 5) is 30.5. The lowest BCUT2D eigenvalue weighted by molar-refractivity contribution is 0.0986. The highest BCUT2D eigenvalue weighted by Gasteiger charge is 2.34. The number of benzene rings is 2. The molecule has 0 saturated heterocycles. The Hall–Kier alpha value is -4.05. The molecule has 0 spiro atoms. The summed E-state index contributed by atoms with van der Waals surface area (Å²) < 4.78 is 18.7. The highest BCUT2D eigenvalue weighted by Crippen LogP contribution is 2.51. The number of carbonyl (C=O) groups is 1. The third kappa shape index (κ3) is 5.60. The van der Waals surface area contributed by atoms with Crippen molar-refractivity contribution in [3.05, 3.63) is 75.8 Å². The van der Waals surface area contributed by atoms with Crippen LogP contribution in [0.4, 0.5) is 10.6 Å². The van der Waals surface area contributed by atoms with Crippen molar-refractivity contribution in [1.29, 1.82) is 0 Å². The van der Waals surface area contributed by atoms with E-state index in [1.807, 2.05) is 36.4 Å². The van der Waals surface area contributed by atoms with Crippen molar-refractivity contribution >= 4 is 11.8 Å². The molecule has 0 bridgehead atoms. The molecule has 2 aromatic carbocycles. The number of aromatic nitrogens is 2. The Kier molecular flexibility index (Phi) is 7.74. The molecule has 0 aliphatic heterocycles. The zero-order chi connectivity index (χ0) is 25.7. The molecule has 1 aliphatic carbocycles. The standard InChI is InChI=1S/C26H31N5O5/c1-34-20-14-19(15-30(25(28)32)12-13-36-16-17-6-4-3-5-7-17)23(24(35-2)22(20)18-8-9-18)31-11-10-21(27)29-26(31)33/h3-7,10-11,14,18H,8-9,12-13,15-16H2,1-2H3,(H2,28,32)(H2,27,29,33). The number of hydrogen-bond acceptors (Lipinski definition) is 7. The van der Waals surface area contributed by atoms with Crippen LogP contribution < -0.4 is 26.6 Å². The first-order chi connectivity index (χ1) is 17.4. The maximum Gasteiger partial charge on any atom is 0.354 e. The van der Waals surface area contributed by atoms with Gasteiger partial charge in [-0.25, -0.2) is 9.59 Å². The van der Waals surface area contributed by atoms with E-state index in [4.69, 9.17) is 25.7 Å². The molecule has 0 radical (unpaired) electrons. The monoisotopic (exact) mass is 493 g/mol. The molecule has 36 heavy (non-hydrogen) atoms. The van der Waals surface area contributed by atoms with E-state index in [0.717, 1.165) is 24.0 Å². The molecule has 10 heteroatoms. The molecule has 0 unspecified atom stereocenters. The number of nitrogens with zero attached hydrogens (tertiary/aromatic N) is 3. The largest absolute Gasteiger partial charge is 0.496 e. The van der Waals surface area contributed by atoms with E-state index >= 15 is 0 Å². The number of anilines is 1. The van der Waals surface area contributed by atoms with Crippen molar-refractivity contribution in [2.24, 2.45) is 5.73 Å². The third-order valence-electron chi connectivity index (χ3n) is 6.10. The minimum Gasteiger partial charge on any atom is -0.496 e. The molecular formula is C26H31N5O5. The van der Waals surface area contributed by atoms with Gasteiger partial charge >= 0.3 is 11.7 Å². The van der Waals surface area contributed by atoms with Crippen LogP contribution in [0.1, 0.15) is 35.4 Å². The number of primary amides is 1. The molecule has 1 aromatic heterocycles. The van der Waals surface area contributed by atoms with E-state index in [2.05, 4.69) is 4.98 Å². The Morgan fingerprint density at radius 1 is 1.17 bits per heavy atom. The van der Waals surface area contributed by atoms with Crippen LogP contribution in [0, 0.1) is 0 Å². The number of urea groups is 1. The summed E-state index contributed by atoms with van der Waals surface area (Å²) in [5.74, 6) is 1.51. The molecule has 1 aliphatic rings. The first kappa shape index (κ1) is 25.1. The molecule has 1 fully saturated rings. The second-order valence-corrected chi connectivity index (χ2v) is 8.61. The van der Waals surface area contributed by atoms with Gasteiger partial charge in [-0.15, -0.1) is 0 Å². The van der Waals surface area contributed by atoms with Gasteiger partial charge in [-0.3, -0.25) is 4.57 Å². The topological polar surface area (TPSA) is 135 Å². The molecule has 1 saturated carbocycles. The van der Waals surface area contributed by atoms with Gasteiger partial charge in [0, 0.05) is 30.4 Å². The quantitative estimate of drug-likeness (QED) is 0.392. The minimum atomic E-state index is -0.615. The van der Waals surface area contributed by atoms with Crippen LogP contribution in [0.15, 0.2) is 53.5 Å². The van der Waals surface area contributed by atoms with Gasteiger partial charge in [0.1, 0.15) is 11.6 Å². The van der Waals surface area contributed by atoms with Gasteiger partial charge < -0.3 is 30.6 Å². The molecular weight excluding hydrogens is 462 g/mol. The molecule has 2 amide bonds. The number of nitrogen functional groups attached to an aromatic ring is 1. The maximum atomic E-state index is 12.8. The lowest BCUT2D eigenvalue weighted by Crippen LogP contribution is -2.38. The average molecular weight is 494 g/mol. The zero-order valence-corrected chi connectivity index (χ0v) is 20.5. The number of hydrogen-bond donors (Lipinski definition) is 2. The molecule has 0 atom stereocenters. The molecule has 1 heterocycles. The summed E-state index contributed by atoms with van der Waals surface area (Å²) in [6.45, 7) is 1.06. The number of carbonyl (C=O) groups excluding carboxylic acids is 1. The first-order valence-electron chi connectivity index (χ1n) is 11.7. The maximum absolute atomic E-state index is 12.8. The third-order valence-corrected chi connectivity index (χ3v) is 6.10. The van der Waals surface area contributed by atoms with E-state index in [-0.39, 0.29) is 31.4 Å². The number of ether oxygens (including phenoxy) is 3. The Bertz CT molecular complexity index is 1270. The second-order valence-electron chi connectivity index (χ2n) is 8.61.